The van der Waals surface area contributed by atoms with Gasteiger partial charge in [0.05, 0.1) is 16.1 Å². The number of aromatic carboxylic acids is 1. The molecule has 0 saturated carbocycles. The third-order valence-electron chi connectivity index (χ3n) is 3.57. The van der Waals surface area contributed by atoms with E-state index < -0.39 is 10.9 Å². The van der Waals surface area contributed by atoms with Gasteiger partial charge < -0.3 is 10.0 Å². The van der Waals surface area contributed by atoms with E-state index in [0.29, 0.717) is 17.8 Å². The van der Waals surface area contributed by atoms with E-state index in [1.807, 2.05) is 11.8 Å². The minimum atomic E-state index is -1.15. The second-order valence-corrected chi connectivity index (χ2v) is 4.95. The number of anilines is 1. The van der Waals surface area contributed by atoms with E-state index in [2.05, 4.69) is 6.08 Å². The van der Waals surface area contributed by atoms with E-state index >= 15 is 0 Å². The van der Waals surface area contributed by atoms with Crippen LogP contribution < -0.4 is 4.90 Å². The van der Waals surface area contributed by atoms with E-state index in [0.717, 1.165) is 19.0 Å². The number of carboxylic acid groups (broad SMARTS) is 1. The van der Waals surface area contributed by atoms with E-state index in [1.165, 1.54) is 11.6 Å². The van der Waals surface area contributed by atoms with Crippen molar-refractivity contribution in [1.29, 1.82) is 0 Å². The Morgan fingerprint density at radius 1 is 1.40 bits per heavy atom. The summed E-state index contributed by atoms with van der Waals surface area (Å²) in [5.41, 5.74) is 2.21. The molecule has 0 radical (unpaired) electrons. The van der Waals surface area contributed by atoms with Crippen molar-refractivity contribution < 1.29 is 14.8 Å². The maximum absolute atomic E-state index is 11.1. The Morgan fingerprint density at radius 3 is 2.60 bits per heavy atom. The van der Waals surface area contributed by atoms with Crippen molar-refractivity contribution in [2.24, 2.45) is 0 Å². The molecule has 0 saturated heterocycles. The van der Waals surface area contributed by atoms with Gasteiger partial charge in [0, 0.05) is 24.8 Å². The second kappa shape index (κ2) is 5.32. The Bertz CT molecular complexity index is 607. The molecule has 0 fully saturated rings. The normalized spacial score (nSPS) is 14.9. The zero-order chi connectivity index (χ0) is 14.9. The molecular weight excluding hydrogens is 260 g/mol. The van der Waals surface area contributed by atoms with Crippen LogP contribution >= 0.6 is 0 Å². The summed E-state index contributed by atoms with van der Waals surface area (Å²) in [6.07, 6.45) is 2.94. The van der Waals surface area contributed by atoms with Crippen LogP contribution in [0.1, 0.15) is 29.3 Å². The summed E-state index contributed by atoms with van der Waals surface area (Å²) in [7, 11) is 0. The van der Waals surface area contributed by atoms with Crippen molar-refractivity contribution in [2.75, 3.05) is 18.0 Å². The van der Waals surface area contributed by atoms with Gasteiger partial charge in [0.15, 0.2) is 0 Å². The number of nitrogens with zero attached hydrogens (tertiary/aromatic N) is 2. The van der Waals surface area contributed by atoms with Gasteiger partial charge in [-0.3, -0.25) is 10.1 Å². The first-order chi connectivity index (χ1) is 9.40. The average Bonchev–Trinajstić information content (AvgIpc) is 2.39. The van der Waals surface area contributed by atoms with E-state index in [9.17, 15) is 14.9 Å². The van der Waals surface area contributed by atoms with Crippen molar-refractivity contribution >= 4 is 17.3 Å². The first-order valence-electron chi connectivity index (χ1n) is 6.33. The van der Waals surface area contributed by atoms with Crippen LogP contribution in [0.15, 0.2) is 23.8 Å². The molecule has 0 amide bonds. The zero-order valence-electron chi connectivity index (χ0n) is 11.4. The van der Waals surface area contributed by atoms with E-state index in [-0.39, 0.29) is 11.3 Å². The fraction of sp³-hybridized carbons (Fsp3) is 0.357. The maximum atomic E-state index is 11.1. The van der Waals surface area contributed by atoms with Gasteiger partial charge in [-0.25, -0.2) is 4.79 Å². The van der Waals surface area contributed by atoms with Crippen LogP contribution in [0.4, 0.5) is 11.4 Å². The monoisotopic (exact) mass is 276 g/mol. The maximum Gasteiger partial charge on any atom is 0.336 e. The molecule has 0 atom stereocenters. The molecule has 6 nitrogen and oxygen atoms in total. The lowest BCUT2D eigenvalue weighted by atomic mass is 10.0. The molecule has 6 heteroatoms. The van der Waals surface area contributed by atoms with Gasteiger partial charge >= 0.3 is 5.97 Å². The van der Waals surface area contributed by atoms with Crippen molar-refractivity contribution in [2.45, 2.75) is 20.3 Å². The molecule has 1 aliphatic rings. The number of benzene rings is 1. The molecule has 1 aliphatic heterocycles. The smallest absolute Gasteiger partial charge is 0.336 e. The topological polar surface area (TPSA) is 83.7 Å². The van der Waals surface area contributed by atoms with Gasteiger partial charge in [0.2, 0.25) is 0 Å². The second-order valence-electron chi connectivity index (χ2n) is 4.95. The third kappa shape index (κ3) is 2.64. The van der Waals surface area contributed by atoms with E-state index in [4.69, 9.17) is 5.11 Å². The fourth-order valence-corrected chi connectivity index (χ4v) is 2.32. The summed E-state index contributed by atoms with van der Waals surface area (Å²) in [4.78, 5) is 23.6. The highest BCUT2D eigenvalue weighted by molar-refractivity contribution is 5.90. The van der Waals surface area contributed by atoms with Crippen LogP contribution in [0.5, 0.6) is 0 Å². The molecule has 1 aromatic carbocycles. The summed E-state index contributed by atoms with van der Waals surface area (Å²) in [5.74, 6) is -1.15. The lowest BCUT2D eigenvalue weighted by Crippen LogP contribution is -2.29. The molecule has 1 aromatic rings. The Hall–Kier alpha value is -2.37. The molecule has 0 aromatic heterocycles. The first-order valence-corrected chi connectivity index (χ1v) is 6.33. The van der Waals surface area contributed by atoms with Crippen molar-refractivity contribution in [3.05, 3.63) is 45.0 Å². The lowest BCUT2D eigenvalue weighted by molar-refractivity contribution is -0.385. The first kappa shape index (κ1) is 14.0. The van der Waals surface area contributed by atoms with Gasteiger partial charge in [-0.2, -0.15) is 0 Å². The molecule has 106 valence electrons. The molecule has 1 N–H and O–H groups in total. The summed E-state index contributed by atoms with van der Waals surface area (Å²) in [6.45, 7) is 5.08. The highest BCUT2D eigenvalue weighted by atomic mass is 16.6. The Balaban J connectivity index is 2.51. The van der Waals surface area contributed by atoms with Crippen molar-refractivity contribution in [3.63, 3.8) is 0 Å². The van der Waals surface area contributed by atoms with Crippen LogP contribution in [0.3, 0.4) is 0 Å². The molecule has 2 rings (SSSR count). The van der Waals surface area contributed by atoms with Crippen molar-refractivity contribution in [3.8, 4) is 0 Å². The molecule has 20 heavy (non-hydrogen) atoms. The molecule has 1 heterocycles. The van der Waals surface area contributed by atoms with Gasteiger partial charge in [0.1, 0.15) is 0 Å². The van der Waals surface area contributed by atoms with Crippen molar-refractivity contribution in [1.82, 2.24) is 0 Å². The minimum absolute atomic E-state index is 0.0522. The zero-order valence-corrected chi connectivity index (χ0v) is 11.4. The van der Waals surface area contributed by atoms with Crippen LogP contribution in [0, 0.1) is 17.0 Å². The summed E-state index contributed by atoms with van der Waals surface area (Å²) < 4.78 is 0. The fourth-order valence-electron chi connectivity index (χ4n) is 2.32. The summed E-state index contributed by atoms with van der Waals surface area (Å²) in [6, 6.07) is 2.63. The van der Waals surface area contributed by atoms with Crippen LogP contribution in [0.2, 0.25) is 0 Å². The van der Waals surface area contributed by atoms with Crippen LogP contribution in [-0.4, -0.2) is 29.1 Å². The third-order valence-corrected chi connectivity index (χ3v) is 3.57. The Kier molecular flexibility index (Phi) is 3.74. The number of nitro groups is 1. The largest absolute Gasteiger partial charge is 0.478 e. The highest BCUT2D eigenvalue weighted by Crippen LogP contribution is 2.32. The van der Waals surface area contributed by atoms with Gasteiger partial charge in [0.25, 0.3) is 5.69 Å². The lowest BCUT2D eigenvalue weighted by Gasteiger charge is -2.29. The van der Waals surface area contributed by atoms with Crippen LogP contribution in [-0.2, 0) is 0 Å². The highest BCUT2D eigenvalue weighted by Gasteiger charge is 2.22. The van der Waals surface area contributed by atoms with Crippen LogP contribution in [0.25, 0.3) is 0 Å². The number of nitro benzene ring substituents is 1. The predicted octanol–water partition coefficient (Wildman–Crippen LogP) is 2.76. The average molecular weight is 276 g/mol. The Labute approximate surface area is 116 Å². The molecule has 0 unspecified atom stereocenters. The number of rotatable bonds is 3. The predicted molar refractivity (Wildman–Crippen MR) is 75.4 cm³/mol. The number of hydrogen-bond donors (Lipinski definition) is 1. The SMILES string of the molecule is CC1=CCN(c2cc(C(=O)O)cc([N+](=O)[O-])c2C)CC1. The quantitative estimate of drug-likeness (QED) is 0.521. The Morgan fingerprint density at radius 2 is 2.10 bits per heavy atom. The number of hydrogen-bond acceptors (Lipinski definition) is 4. The van der Waals surface area contributed by atoms with Gasteiger partial charge in [-0.15, -0.1) is 0 Å². The molecular formula is C14H16N2O4. The van der Waals surface area contributed by atoms with Gasteiger partial charge in [-0.1, -0.05) is 11.6 Å². The van der Waals surface area contributed by atoms with E-state index in [1.54, 1.807) is 6.92 Å². The standard InChI is InChI=1S/C14H16N2O4/c1-9-3-5-15(6-4-9)12-7-11(14(17)18)8-13(10(12)2)16(19)20/h3,7-8H,4-6H2,1-2H3,(H,17,18). The summed E-state index contributed by atoms with van der Waals surface area (Å²) >= 11 is 0. The molecule has 0 bridgehead atoms. The number of carboxylic acids is 1. The van der Waals surface area contributed by atoms with Gasteiger partial charge in [-0.05, 0) is 26.3 Å². The molecule has 0 spiro atoms. The molecule has 0 aliphatic carbocycles. The minimum Gasteiger partial charge on any atom is -0.478 e. The number of carbonyl (C=O) groups is 1. The summed E-state index contributed by atoms with van der Waals surface area (Å²) in [5, 5.41) is 20.2.